The van der Waals surface area contributed by atoms with Gasteiger partial charge in [0.2, 0.25) is 5.91 Å². The summed E-state index contributed by atoms with van der Waals surface area (Å²) < 4.78 is 14.2. The number of carbonyl (C=O) groups is 1. The molecular weight excluding hydrogens is 323 g/mol. The van der Waals surface area contributed by atoms with Gasteiger partial charge >= 0.3 is 0 Å². The molecule has 1 amide bonds. The van der Waals surface area contributed by atoms with Gasteiger partial charge in [-0.05, 0) is 59.7 Å². The highest BCUT2D eigenvalue weighted by Crippen LogP contribution is 2.33. The van der Waals surface area contributed by atoms with Crippen LogP contribution in [0.2, 0.25) is 0 Å². The van der Waals surface area contributed by atoms with Gasteiger partial charge in [-0.25, -0.2) is 4.39 Å². The van der Waals surface area contributed by atoms with E-state index in [1.54, 1.807) is 12.1 Å². The first-order valence-electron chi connectivity index (χ1n) is 7.11. The molecule has 0 aromatic heterocycles. The van der Waals surface area contributed by atoms with Crippen molar-refractivity contribution in [3.8, 4) is 0 Å². The maximum absolute atomic E-state index is 13.7. The molecule has 2 unspecified atom stereocenters. The number of rotatable bonds is 3. The van der Waals surface area contributed by atoms with Gasteiger partial charge < -0.3 is 10.6 Å². The molecule has 5 heteroatoms. The lowest BCUT2D eigenvalue weighted by Crippen LogP contribution is -2.39. The molecule has 2 fully saturated rings. The first kappa shape index (κ1) is 14.0. The Labute approximate surface area is 126 Å². The number of fused-ring (bicyclic) bond motifs is 2. The first-order chi connectivity index (χ1) is 9.61. The van der Waals surface area contributed by atoms with Crippen LogP contribution in [0.25, 0.3) is 0 Å². The number of benzene rings is 1. The summed E-state index contributed by atoms with van der Waals surface area (Å²) in [6.07, 6.45) is 5.05. The maximum atomic E-state index is 13.7. The summed E-state index contributed by atoms with van der Waals surface area (Å²) in [7, 11) is 0. The number of piperidine rings is 1. The fraction of sp³-hybridized carbons (Fsp3) is 0.533. The summed E-state index contributed by atoms with van der Waals surface area (Å²) in [6, 6.07) is 5.84. The molecule has 3 nitrogen and oxygen atoms in total. The zero-order valence-corrected chi connectivity index (χ0v) is 12.7. The number of hydrogen-bond acceptors (Lipinski definition) is 2. The van der Waals surface area contributed by atoms with Gasteiger partial charge in [0.05, 0.1) is 5.69 Å². The second-order valence-corrected chi connectivity index (χ2v) is 6.68. The minimum absolute atomic E-state index is 0.0953. The lowest BCUT2D eigenvalue weighted by Gasteiger charge is -2.28. The SMILES string of the molecule is O=C(CC1CC2CCC(C1)N2)Nc1c(F)cccc1Br. The van der Waals surface area contributed by atoms with E-state index < -0.39 is 5.82 Å². The number of amides is 1. The summed E-state index contributed by atoms with van der Waals surface area (Å²) >= 11 is 3.27. The van der Waals surface area contributed by atoms with Crippen molar-refractivity contribution in [2.75, 3.05) is 5.32 Å². The molecular formula is C15H18BrFN2O. The monoisotopic (exact) mass is 340 g/mol. The molecule has 0 saturated carbocycles. The molecule has 2 N–H and O–H groups in total. The zero-order chi connectivity index (χ0) is 14.1. The second-order valence-electron chi connectivity index (χ2n) is 5.82. The fourth-order valence-electron chi connectivity index (χ4n) is 3.41. The normalized spacial score (nSPS) is 28.4. The van der Waals surface area contributed by atoms with E-state index in [0.29, 0.717) is 28.9 Å². The van der Waals surface area contributed by atoms with Gasteiger partial charge in [-0.2, -0.15) is 0 Å². The highest BCUT2D eigenvalue weighted by molar-refractivity contribution is 9.10. The van der Waals surface area contributed by atoms with Gasteiger partial charge in [-0.1, -0.05) is 6.07 Å². The summed E-state index contributed by atoms with van der Waals surface area (Å²) in [4.78, 5) is 12.1. The lowest BCUT2D eigenvalue weighted by molar-refractivity contribution is -0.117. The largest absolute Gasteiger partial charge is 0.323 e. The van der Waals surface area contributed by atoms with E-state index in [0.717, 1.165) is 12.8 Å². The smallest absolute Gasteiger partial charge is 0.224 e. The number of para-hydroxylation sites is 1. The summed E-state index contributed by atoms with van der Waals surface area (Å²) in [5.41, 5.74) is 0.245. The second kappa shape index (κ2) is 5.82. The van der Waals surface area contributed by atoms with Crippen LogP contribution in [0.5, 0.6) is 0 Å². The van der Waals surface area contributed by atoms with Crippen LogP contribution >= 0.6 is 15.9 Å². The summed E-state index contributed by atoms with van der Waals surface area (Å²) in [6.45, 7) is 0. The van der Waals surface area contributed by atoms with Gasteiger partial charge in [0, 0.05) is 23.0 Å². The highest BCUT2D eigenvalue weighted by atomic mass is 79.9. The third-order valence-corrected chi connectivity index (χ3v) is 4.93. The molecule has 2 saturated heterocycles. The van der Waals surface area contributed by atoms with Crippen LogP contribution < -0.4 is 10.6 Å². The number of anilines is 1. The topological polar surface area (TPSA) is 41.1 Å². The van der Waals surface area contributed by atoms with Gasteiger partial charge in [-0.3, -0.25) is 4.79 Å². The molecule has 20 heavy (non-hydrogen) atoms. The fourth-order valence-corrected chi connectivity index (χ4v) is 3.85. The van der Waals surface area contributed by atoms with E-state index in [9.17, 15) is 9.18 Å². The molecule has 2 aliphatic heterocycles. The minimum Gasteiger partial charge on any atom is -0.323 e. The molecule has 0 aliphatic carbocycles. The van der Waals surface area contributed by atoms with Crippen LogP contribution in [-0.2, 0) is 4.79 Å². The molecule has 1 aromatic rings. The molecule has 2 heterocycles. The third-order valence-electron chi connectivity index (χ3n) is 4.27. The van der Waals surface area contributed by atoms with Crippen molar-refractivity contribution in [3.63, 3.8) is 0 Å². The molecule has 2 bridgehead atoms. The Morgan fingerprint density at radius 2 is 2.05 bits per heavy atom. The Morgan fingerprint density at radius 3 is 2.70 bits per heavy atom. The molecule has 2 atom stereocenters. The zero-order valence-electron chi connectivity index (χ0n) is 11.2. The van der Waals surface area contributed by atoms with Gasteiger partial charge in [0.1, 0.15) is 5.82 Å². The van der Waals surface area contributed by atoms with Crippen molar-refractivity contribution < 1.29 is 9.18 Å². The lowest BCUT2D eigenvalue weighted by atomic mass is 9.89. The van der Waals surface area contributed by atoms with Crippen molar-refractivity contribution in [1.82, 2.24) is 5.32 Å². The third kappa shape index (κ3) is 3.04. The van der Waals surface area contributed by atoms with E-state index >= 15 is 0 Å². The average Bonchev–Trinajstić information content (AvgIpc) is 2.73. The summed E-state index contributed by atoms with van der Waals surface area (Å²) in [5, 5.41) is 6.26. The quantitative estimate of drug-likeness (QED) is 0.884. The Balaban J connectivity index is 1.60. The van der Waals surface area contributed by atoms with Gasteiger partial charge in [-0.15, -0.1) is 0 Å². The Kier molecular flexibility index (Phi) is 4.08. The van der Waals surface area contributed by atoms with E-state index in [4.69, 9.17) is 0 Å². The van der Waals surface area contributed by atoms with Crippen LogP contribution in [0, 0.1) is 11.7 Å². The Morgan fingerprint density at radius 1 is 1.35 bits per heavy atom. The van der Waals surface area contributed by atoms with Crippen molar-refractivity contribution in [2.24, 2.45) is 5.92 Å². The number of halogens is 2. The van der Waals surface area contributed by atoms with E-state index in [1.807, 2.05) is 0 Å². The molecule has 0 spiro atoms. The minimum atomic E-state index is -0.405. The predicted molar refractivity (Wildman–Crippen MR) is 80.0 cm³/mol. The predicted octanol–water partition coefficient (Wildman–Crippen LogP) is 3.45. The highest BCUT2D eigenvalue weighted by Gasteiger charge is 2.34. The van der Waals surface area contributed by atoms with Crippen molar-refractivity contribution in [2.45, 2.75) is 44.2 Å². The molecule has 0 radical (unpaired) electrons. The van der Waals surface area contributed by atoms with Crippen LogP contribution in [-0.4, -0.2) is 18.0 Å². The van der Waals surface area contributed by atoms with E-state index in [2.05, 4.69) is 26.6 Å². The molecule has 2 aliphatic rings. The van der Waals surface area contributed by atoms with Crippen molar-refractivity contribution >= 4 is 27.5 Å². The Bertz CT molecular complexity index is 490. The van der Waals surface area contributed by atoms with E-state index in [1.165, 1.54) is 18.9 Å². The van der Waals surface area contributed by atoms with Crippen molar-refractivity contribution in [1.29, 1.82) is 0 Å². The average molecular weight is 341 g/mol. The number of hydrogen-bond donors (Lipinski definition) is 2. The van der Waals surface area contributed by atoms with Gasteiger partial charge in [0.25, 0.3) is 0 Å². The molecule has 108 valence electrons. The molecule has 3 rings (SSSR count). The Hall–Kier alpha value is -0.940. The van der Waals surface area contributed by atoms with Gasteiger partial charge in [0.15, 0.2) is 0 Å². The number of nitrogens with one attached hydrogen (secondary N) is 2. The maximum Gasteiger partial charge on any atom is 0.224 e. The summed E-state index contributed by atoms with van der Waals surface area (Å²) in [5.74, 6) is -0.0838. The van der Waals surface area contributed by atoms with Crippen LogP contribution in [0.3, 0.4) is 0 Å². The molecule has 1 aromatic carbocycles. The van der Waals surface area contributed by atoms with E-state index in [-0.39, 0.29) is 11.6 Å². The van der Waals surface area contributed by atoms with Crippen LogP contribution in [0.15, 0.2) is 22.7 Å². The first-order valence-corrected chi connectivity index (χ1v) is 7.91. The van der Waals surface area contributed by atoms with Crippen LogP contribution in [0.4, 0.5) is 10.1 Å². The van der Waals surface area contributed by atoms with Crippen molar-refractivity contribution in [3.05, 3.63) is 28.5 Å². The van der Waals surface area contributed by atoms with Crippen LogP contribution in [0.1, 0.15) is 32.1 Å². The standard InChI is InChI=1S/C15H18BrFN2O/c16-12-2-1-3-13(17)15(12)19-14(20)8-9-6-10-4-5-11(7-9)18-10/h1-3,9-11,18H,4-8H2,(H,19,20). The number of carbonyl (C=O) groups excluding carboxylic acids is 1.